The molecule has 3 aromatic rings. The third-order valence-corrected chi connectivity index (χ3v) is 2.28. The highest BCUT2D eigenvalue weighted by Gasteiger charge is 2.02. The van der Waals surface area contributed by atoms with Crippen LogP contribution in [0.1, 0.15) is 0 Å². The maximum absolute atomic E-state index is 5.08. The smallest absolute Gasteiger partial charge is 0.166 e. The SMILES string of the molecule is c1cc(-c2ccc3[nH]ccc3c2)on1. The standard InChI is InChI=1S/C11H8N2O/c1-2-10-8(3-5-12-10)7-9(1)11-4-6-13-14-11/h1-7,12H. The highest BCUT2D eigenvalue weighted by atomic mass is 16.5. The van der Waals surface area contributed by atoms with Gasteiger partial charge >= 0.3 is 0 Å². The van der Waals surface area contributed by atoms with E-state index in [2.05, 4.69) is 16.2 Å². The number of hydrogen-bond acceptors (Lipinski definition) is 2. The fourth-order valence-electron chi connectivity index (χ4n) is 1.57. The number of H-pyrrole nitrogens is 1. The lowest BCUT2D eigenvalue weighted by Crippen LogP contribution is -1.73. The van der Waals surface area contributed by atoms with Crippen LogP contribution < -0.4 is 0 Å². The Kier molecular flexibility index (Phi) is 1.44. The van der Waals surface area contributed by atoms with Crippen LogP contribution in [-0.2, 0) is 0 Å². The molecule has 1 aromatic carbocycles. The topological polar surface area (TPSA) is 41.8 Å². The molecular formula is C11H8N2O. The molecule has 0 aliphatic carbocycles. The molecule has 0 unspecified atom stereocenters. The highest BCUT2D eigenvalue weighted by Crippen LogP contribution is 2.23. The van der Waals surface area contributed by atoms with E-state index < -0.39 is 0 Å². The Hall–Kier alpha value is -2.03. The summed E-state index contributed by atoms with van der Waals surface area (Å²) in [5.41, 5.74) is 2.18. The van der Waals surface area contributed by atoms with Gasteiger partial charge in [-0.05, 0) is 24.3 Å². The molecule has 0 radical (unpaired) electrons. The first-order valence-electron chi connectivity index (χ1n) is 4.42. The summed E-state index contributed by atoms with van der Waals surface area (Å²) in [6, 6.07) is 10.0. The molecule has 3 rings (SSSR count). The molecule has 2 aromatic heterocycles. The number of aromatic nitrogens is 2. The van der Waals surface area contributed by atoms with E-state index in [0.29, 0.717) is 0 Å². The molecule has 0 aliphatic rings. The van der Waals surface area contributed by atoms with Crippen LogP contribution in [0.2, 0.25) is 0 Å². The second-order valence-electron chi connectivity index (χ2n) is 3.16. The van der Waals surface area contributed by atoms with E-state index in [1.165, 1.54) is 5.39 Å². The molecule has 3 nitrogen and oxygen atoms in total. The summed E-state index contributed by atoms with van der Waals surface area (Å²) < 4.78 is 5.08. The van der Waals surface area contributed by atoms with Gasteiger partial charge in [-0.2, -0.15) is 0 Å². The quantitative estimate of drug-likeness (QED) is 0.631. The molecule has 68 valence electrons. The van der Waals surface area contributed by atoms with Gasteiger partial charge in [-0.15, -0.1) is 0 Å². The van der Waals surface area contributed by atoms with Crippen molar-refractivity contribution >= 4 is 10.9 Å². The third-order valence-electron chi connectivity index (χ3n) is 2.28. The van der Waals surface area contributed by atoms with E-state index >= 15 is 0 Å². The van der Waals surface area contributed by atoms with Crippen LogP contribution in [0.3, 0.4) is 0 Å². The Morgan fingerprint density at radius 1 is 1.14 bits per heavy atom. The first kappa shape index (κ1) is 7.38. The van der Waals surface area contributed by atoms with Gasteiger partial charge in [0.15, 0.2) is 5.76 Å². The van der Waals surface area contributed by atoms with Crippen molar-refractivity contribution in [3.63, 3.8) is 0 Å². The highest BCUT2D eigenvalue weighted by molar-refractivity contribution is 5.83. The van der Waals surface area contributed by atoms with Crippen molar-refractivity contribution in [1.29, 1.82) is 0 Å². The summed E-state index contributed by atoms with van der Waals surface area (Å²) in [7, 11) is 0. The van der Waals surface area contributed by atoms with Crippen molar-refractivity contribution in [2.75, 3.05) is 0 Å². The van der Waals surface area contributed by atoms with Crippen molar-refractivity contribution in [3.8, 4) is 11.3 Å². The fraction of sp³-hybridized carbons (Fsp3) is 0. The number of hydrogen-bond donors (Lipinski definition) is 1. The van der Waals surface area contributed by atoms with Gasteiger partial charge in [-0.1, -0.05) is 5.16 Å². The molecule has 14 heavy (non-hydrogen) atoms. The van der Waals surface area contributed by atoms with Crippen LogP contribution in [0.5, 0.6) is 0 Å². The maximum atomic E-state index is 5.08. The van der Waals surface area contributed by atoms with Crippen LogP contribution in [0.15, 0.2) is 47.2 Å². The van der Waals surface area contributed by atoms with Crippen LogP contribution in [0.25, 0.3) is 22.2 Å². The zero-order valence-electron chi connectivity index (χ0n) is 7.40. The predicted molar refractivity (Wildman–Crippen MR) is 53.8 cm³/mol. The van der Waals surface area contributed by atoms with E-state index in [4.69, 9.17) is 4.52 Å². The Labute approximate surface area is 80.3 Å². The summed E-state index contributed by atoms with van der Waals surface area (Å²) in [6.45, 7) is 0. The van der Waals surface area contributed by atoms with E-state index in [1.54, 1.807) is 6.20 Å². The van der Waals surface area contributed by atoms with Crippen molar-refractivity contribution in [3.05, 3.63) is 42.7 Å². The number of nitrogens with one attached hydrogen (secondary N) is 1. The number of aromatic amines is 1. The van der Waals surface area contributed by atoms with E-state index in [0.717, 1.165) is 16.8 Å². The summed E-state index contributed by atoms with van der Waals surface area (Å²) in [4.78, 5) is 3.15. The fourth-order valence-corrected chi connectivity index (χ4v) is 1.57. The number of rotatable bonds is 1. The second-order valence-corrected chi connectivity index (χ2v) is 3.16. The molecule has 0 bridgehead atoms. The van der Waals surface area contributed by atoms with Gasteiger partial charge in [0.2, 0.25) is 0 Å². The Morgan fingerprint density at radius 2 is 2.14 bits per heavy atom. The summed E-state index contributed by atoms with van der Waals surface area (Å²) in [6.07, 6.45) is 3.57. The summed E-state index contributed by atoms with van der Waals surface area (Å²) >= 11 is 0. The first-order chi connectivity index (χ1) is 6.93. The van der Waals surface area contributed by atoms with Crippen LogP contribution in [-0.4, -0.2) is 10.1 Å². The van der Waals surface area contributed by atoms with Crippen LogP contribution in [0.4, 0.5) is 0 Å². The lowest BCUT2D eigenvalue weighted by atomic mass is 10.1. The van der Waals surface area contributed by atoms with Gasteiger partial charge in [0.05, 0.1) is 6.20 Å². The number of nitrogens with zero attached hydrogens (tertiary/aromatic N) is 1. The van der Waals surface area contributed by atoms with Crippen molar-refractivity contribution in [2.24, 2.45) is 0 Å². The van der Waals surface area contributed by atoms with E-state index in [9.17, 15) is 0 Å². The van der Waals surface area contributed by atoms with Crippen molar-refractivity contribution in [2.45, 2.75) is 0 Å². The minimum Gasteiger partial charge on any atom is -0.361 e. The molecule has 2 heterocycles. The molecule has 0 saturated carbocycles. The lowest BCUT2D eigenvalue weighted by Gasteiger charge is -1.95. The molecule has 0 saturated heterocycles. The second kappa shape index (κ2) is 2.73. The average molecular weight is 184 g/mol. The van der Waals surface area contributed by atoms with Crippen LogP contribution >= 0.6 is 0 Å². The van der Waals surface area contributed by atoms with Gasteiger partial charge < -0.3 is 9.51 Å². The molecule has 0 aliphatic heterocycles. The largest absolute Gasteiger partial charge is 0.361 e. The summed E-state index contributed by atoms with van der Waals surface area (Å²) in [5.74, 6) is 0.799. The predicted octanol–water partition coefficient (Wildman–Crippen LogP) is 2.82. The van der Waals surface area contributed by atoms with Crippen molar-refractivity contribution < 1.29 is 4.52 Å². The lowest BCUT2D eigenvalue weighted by molar-refractivity contribution is 0.432. The molecule has 0 atom stereocenters. The number of benzene rings is 1. The minimum absolute atomic E-state index is 0.799. The summed E-state index contributed by atoms with van der Waals surface area (Å²) in [5, 5.41) is 4.86. The Morgan fingerprint density at radius 3 is 3.00 bits per heavy atom. The molecule has 3 heteroatoms. The monoisotopic (exact) mass is 184 g/mol. The van der Waals surface area contributed by atoms with Gasteiger partial charge in [-0.3, -0.25) is 0 Å². The van der Waals surface area contributed by atoms with E-state index in [-0.39, 0.29) is 0 Å². The molecule has 0 fully saturated rings. The van der Waals surface area contributed by atoms with Gasteiger partial charge in [-0.25, -0.2) is 0 Å². The molecule has 0 spiro atoms. The molecule has 0 amide bonds. The Bertz CT molecular complexity index is 551. The van der Waals surface area contributed by atoms with Gasteiger partial charge in [0, 0.05) is 28.7 Å². The van der Waals surface area contributed by atoms with Gasteiger partial charge in [0.25, 0.3) is 0 Å². The normalized spacial score (nSPS) is 10.9. The minimum atomic E-state index is 0.799. The zero-order chi connectivity index (χ0) is 9.38. The maximum Gasteiger partial charge on any atom is 0.166 e. The number of fused-ring (bicyclic) bond motifs is 1. The van der Waals surface area contributed by atoms with Crippen LogP contribution in [0, 0.1) is 0 Å². The first-order valence-corrected chi connectivity index (χ1v) is 4.42. The van der Waals surface area contributed by atoms with Gasteiger partial charge in [0.1, 0.15) is 0 Å². The Balaban J connectivity index is 2.23. The molecule has 1 N–H and O–H groups in total. The zero-order valence-corrected chi connectivity index (χ0v) is 7.40. The third kappa shape index (κ3) is 1.03. The average Bonchev–Trinajstić information content (AvgIpc) is 2.88. The van der Waals surface area contributed by atoms with Crippen molar-refractivity contribution in [1.82, 2.24) is 10.1 Å². The molecular weight excluding hydrogens is 176 g/mol. The van der Waals surface area contributed by atoms with E-state index in [1.807, 2.05) is 30.5 Å².